The quantitative estimate of drug-likeness (QED) is 0.319. The van der Waals surface area contributed by atoms with Crippen molar-refractivity contribution >= 4 is 14.0 Å². The Labute approximate surface area is 25.3 Å². The van der Waals surface area contributed by atoms with Crippen LogP contribution in [0.1, 0.15) is 0 Å². The van der Waals surface area contributed by atoms with Gasteiger partial charge in [0.05, 0.1) is 0 Å². The normalized spacial score (nSPS) is 5.00. The Morgan fingerprint density at radius 2 is 1.25 bits per heavy atom. The molecule has 0 saturated carbocycles. The Bertz CT molecular complexity index is 19.2. The predicted octanol–water partition coefficient (Wildman–Crippen LogP) is -1.88. The van der Waals surface area contributed by atoms with E-state index in [0.717, 1.165) is 0 Å². The molecule has 4 heavy (non-hydrogen) atoms. The maximum atomic E-state index is 7.44. The molecule has 0 heterocycles. The van der Waals surface area contributed by atoms with Gasteiger partial charge in [-0.25, -0.2) is 0 Å². The third-order valence-electron chi connectivity index (χ3n) is 0.0667. The van der Waals surface area contributed by atoms with Crippen molar-refractivity contribution in [3.8, 4) is 0 Å². The molecule has 0 saturated heterocycles. The molecule has 0 unspecified atom stereocenters. The van der Waals surface area contributed by atoms with Crippen LogP contribution in [0, 0.1) is 0 Å². The van der Waals surface area contributed by atoms with Gasteiger partial charge in [-0.15, -0.1) is 0 Å². The molecule has 0 aliphatic rings. The van der Waals surface area contributed by atoms with Gasteiger partial charge in [0.25, 0.3) is 0 Å². The van der Waals surface area contributed by atoms with Crippen LogP contribution in [0.25, 0.3) is 0 Å². The zero-order chi connectivity index (χ0) is 3.41. The van der Waals surface area contributed by atoms with Crippen LogP contribution in [0.4, 0.5) is 0 Å². The van der Waals surface area contributed by atoms with Crippen LogP contribution in [-0.2, 0) is 0 Å². The molecule has 2 N–H and O–H groups in total. The van der Waals surface area contributed by atoms with E-state index < -0.39 is 0 Å². The summed E-state index contributed by atoms with van der Waals surface area (Å²) < 4.78 is 0. The first kappa shape index (κ1) is 3.73. The van der Waals surface area contributed by atoms with Crippen LogP contribution in [0.5, 0.6) is 0 Å². The van der Waals surface area contributed by atoms with Gasteiger partial charge in [0.2, 0.25) is 0 Å². The summed E-state index contributed by atoms with van der Waals surface area (Å²) in [6.07, 6.45) is 0. The molecule has 0 aromatic heterocycles. The van der Waals surface area contributed by atoms with Gasteiger partial charge in [-0.3, -0.25) is 0 Å². The number of rotatable bonds is 0. The van der Waals surface area contributed by atoms with E-state index >= 15 is 0 Å². The number of hydrogen-bond donors (Lipinski definition) is 2. The van der Waals surface area contributed by atoms with E-state index in [-0.39, 0.29) is 0 Å². The van der Waals surface area contributed by atoms with Crippen molar-refractivity contribution in [3.05, 3.63) is 0 Å². The van der Waals surface area contributed by atoms with E-state index in [1.165, 1.54) is 0 Å². The van der Waals surface area contributed by atoms with Crippen molar-refractivity contribution in [3.63, 3.8) is 0 Å². The van der Waals surface area contributed by atoms with Crippen molar-refractivity contribution < 1.29 is 10.0 Å². The van der Waals surface area contributed by atoms with E-state index in [1.54, 1.807) is 0 Å². The Morgan fingerprint density at radius 3 is 1.25 bits per heavy atom. The van der Waals surface area contributed by atoms with E-state index in [9.17, 15) is 0 Å². The molecule has 0 amide bonds. The van der Waals surface area contributed by atoms with Crippen molar-refractivity contribution in [1.29, 1.82) is 0 Å². The molecule has 0 aromatic carbocycles. The Kier molecular flexibility index (Phi) is 2.55. The standard InChI is InChI=1S/B2H2O2/c3-1-2-4/h3-4H. The summed E-state index contributed by atoms with van der Waals surface area (Å²) in [4.78, 5) is 0. The Hall–Kier alpha value is -0.270. The van der Waals surface area contributed by atoms with E-state index in [2.05, 4.69) is 0 Å². The molecule has 0 aliphatic heterocycles. The molecular formula is H2B2O2. The van der Waals surface area contributed by atoms with Gasteiger partial charge in [0.15, 0.2) is 0 Å². The van der Waals surface area contributed by atoms with Crippen LogP contribution in [0.2, 0.25) is 0 Å². The first-order chi connectivity index (χ1) is 1.91. The second-order valence-corrected chi connectivity index (χ2v) is 0.298. The van der Waals surface area contributed by atoms with Crippen molar-refractivity contribution in [2.75, 3.05) is 0 Å². The fourth-order valence-corrected chi connectivity index (χ4v) is 0. The van der Waals surface area contributed by atoms with Crippen molar-refractivity contribution in [1.82, 2.24) is 0 Å². The first-order valence-corrected chi connectivity index (χ1v) is 0.850. The summed E-state index contributed by atoms with van der Waals surface area (Å²) >= 11 is 0. The van der Waals surface area contributed by atoms with Crippen LogP contribution in [0.15, 0.2) is 0 Å². The molecule has 0 rings (SSSR count). The molecule has 0 fully saturated rings. The summed E-state index contributed by atoms with van der Waals surface area (Å²) in [5, 5.41) is 14.9. The van der Waals surface area contributed by atoms with Gasteiger partial charge in [0, 0.05) is 0 Å². The zero-order valence-corrected chi connectivity index (χ0v) is 2.05. The van der Waals surface area contributed by atoms with E-state index in [1.807, 2.05) is 0 Å². The first-order valence-electron chi connectivity index (χ1n) is 0.850. The van der Waals surface area contributed by atoms with Crippen molar-refractivity contribution in [2.24, 2.45) is 0 Å². The predicted molar refractivity (Wildman–Crippen MR) is 15.9 cm³/mol. The number of hydrogen-bond acceptors (Lipinski definition) is 2. The minimum atomic E-state index is 0.556. The van der Waals surface area contributed by atoms with Gasteiger partial charge >= 0.3 is 24.1 Å². The summed E-state index contributed by atoms with van der Waals surface area (Å²) in [6.45, 7) is 0. The summed E-state index contributed by atoms with van der Waals surface area (Å²) in [5.41, 5.74) is 0. The zero-order valence-electron chi connectivity index (χ0n) is 2.05. The van der Waals surface area contributed by atoms with Crippen LogP contribution in [-0.4, -0.2) is 24.1 Å². The van der Waals surface area contributed by atoms with Gasteiger partial charge in [-0.1, -0.05) is 0 Å². The summed E-state index contributed by atoms with van der Waals surface area (Å²) in [6, 6.07) is 0. The van der Waals surface area contributed by atoms with Crippen LogP contribution < -0.4 is 0 Å². The van der Waals surface area contributed by atoms with Crippen molar-refractivity contribution in [2.45, 2.75) is 0 Å². The minimum absolute atomic E-state index is 0.556. The fraction of sp³-hybridized carbons (Fsp3) is 0. The van der Waals surface area contributed by atoms with Crippen LogP contribution in [0.3, 0.4) is 0 Å². The SMILES string of the molecule is OB=BO. The molecule has 2 nitrogen and oxygen atoms in total. The van der Waals surface area contributed by atoms with Gasteiger partial charge < -0.3 is 0 Å². The van der Waals surface area contributed by atoms with Gasteiger partial charge in [-0.05, 0) is 0 Å². The summed E-state index contributed by atoms with van der Waals surface area (Å²) in [5.74, 6) is 0. The molecule has 4 heteroatoms. The molecule has 0 atom stereocenters. The molecule has 0 radical (unpaired) electrons. The molecular weight excluding hydrogens is 53.6 g/mol. The maximum absolute atomic E-state index is 7.44. The topological polar surface area (TPSA) is 40.5 Å². The second-order valence-electron chi connectivity index (χ2n) is 0.298. The van der Waals surface area contributed by atoms with E-state index in [4.69, 9.17) is 10.0 Å². The average Bonchev–Trinajstić information content (AvgIpc) is 1.37. The fourth-order valence-electron chi connectivity index (χ4n) is 0. The van der Waals surface area contributed by atoms with Gasteiger partial charge in [-0.2, -0.15) is 0 Å². The monoisotopic (exact) mass is 56.0 g/mol. The summed E-state index contributed by atoms with van der Waals surface area (Å²) in [7, 11) is 1.11. The molecule has 0 spiro atoms. The molecule has 0 aromatic rings. The average molecular weight is 55.6 g/mol. The van der Waals surface area contributed by atoms with Crippen LogP contribution >= 0.6 is 0 Å². The molecule has 0 aliphatic carbocycles. The second kappa shape index (κ2) is 2.73. The van der Waals surface area contributed by atoms with Gasteiger partial charge in [0.1, 0.15) is 0 Å². The Balaban J connectivity index is 2.55. The third-order valence-corrected chi connectivity index (χ3v) is 0.0667. The Morgan fingerprint density at radius 1 is 1.00 bits per heavy atom. The molecule has 20 valence electrons. The van der Waals surface area contributed by atoms with E-state index in [0.29, 0.717) is 14.0 Å². The molecule has 0 bridgehead atoms. The third kappa shape index (κ3) is 1.73.